The molecule has 4 rings (SSSR count). The van der Waals surface area contributed by atoms with E-state index in [9.17, 15) is 4.79 Å². The normalized spacial score (nSPS) is 14.0. The van der Waals surface area contributed by atoms with Crippen molar-refractivity contribution in [2.75, 3.05) is 44.2 Å². The fraction of sp³-hybridized carbons (Fsp3) is 0.393. The van der Waals surface area contributed by atoms with Crippen LogP contribution in [0.1, 0.15) is 35.0 Å². The van der Waals surface area contributed by atoms with E-state index in [-0.39, 0.29) is 18.3 Å². The minimum atomic E-state index is -0.00457. The van der Waals surface area contributed by atoms with Crippen LogP contribution in [0, 0.1) is 13.8 Å². The summed E-state index contributed by atoms with van der Waals surface area (Å²) in [5.74, 6) is -0.00457. The molecule has 0 spiro atoms. The van der Waals surface area contributed by atoms with Crippen LogP contribution in [-0.4, -0.2) is 54.6 Å². The zero-order valence-electron chi connectivity index (χ0n) is 21.2. The van der Waals surface area contributed by atoms with E-state index in [0.29, 0.717) is 16.6 Å². The molecule has 0 aliphatic carbocycles. The Balaban J connectivity index is 0.00000361. The number of nitrogens with zero attached hydrogens (tertiary/aromatic N) is 3. The molecule has 194 valence electrons. The predicted molar refractivity (Wildman–Crippen MR) is 154 cm³/mol. The van der Waals surface area contributed by atoms with Crippen LogP contribution in [0.4, 0.5) is 5.69 Å². The monoisotopic (exact) mass is 548 g/mol. The second-order valence-electron chi connectivity index (χ2n) is 9.20. The molecular weight excluding hydrogens is 515 g/mol. The smallest absolute Gasteiger partial charge is 0.253 e. The van der Waals surface area contributed by atoms with Crippen LogP contribution in [-0.2, 0) is 6.54 Å². The molecule has 1 aliphatic rings. The molecule has 1 amide bonds. The minimum absolute atomic E-state index is 0. The summed E-state index contributed by atoms with van der Waals surface area (Å²) in [5, 5.41) is 4.35. The SMILES string of the molecule is CCCn1c(-c2ccc(C)cc2)cc(C(=O)NCCN2CCN(c3cccc(Cl)c3Cl)CC2)c1C.Cl. The first-order valence-electron chi connectivity index (χ1n) is 12.4. The highest BCUT2D eigenvalue weighted by Gasteiger charge is 2.21. The molecule has 0 unspecified atom stereocenters. The van der Waals surface area contributed by atoms with Gasteiger partial charge in [0.15, 0.2) is 0 Å². The number of hydrogen-bond donors (Lipinski definition) is 1. The van der Waals surface area contributed by atoms with Gasteiger partial charge in [-0.15, -0.1) is 12.4 Å². The number of nitrogens with one attached hydrogen (secondary N) is 1. The Morgan fingerprint density at radius 2 is 1.67 bits per heavy atom. The number of amides is 1. The highest BCUT2D eigenvalue weighted by molar-refractivity contribution is 6.43. The van der Waals surface area contributed by atoms with Crippen molar-refractivity contribution in [2.45, 2.75) is 33.7 Å². The van der Waals surface area contributed by atoms with E-state index in [4.69, 9.17) is 23.2 Å². The van der Waals surface area contributed by atoms with Gasteiger partial charge in [0, 0.05) is 57.2 Å². The van der Waals surface area contributed by atoms with Gasteiger partial charge in [-0.05, 0) is 44.0 Å². The van der Waals surface area contributed by atoms with Crippen molar-refractivity contribution >= 4 is 47.2 Å². The maximum absolute atomic E-state index is 13.1. The summed E-state index contributed by atoms with van der Waals surface area (Å²) in [6.07, 6.45) is 1.02. The summed E-state index contributed by atoms with van der Waals surface area (Å²) in [6, 6.07) is 16.3. The Kier molecular flexibility index (Phi) is 10.1. The molecule has 1 saturated heterocycles. The molecule has 2 heterocycles. The van der Waals surface area contributed by atoms with Gasteiger partial charge in [0.25, 0.3) is 5.91 Å². The Labute approximate surface area is 230 Å². The molecule has 8 heteroatoms. The third kappa shape index (κ3) is 6.38. The van der Waals surface area contributed by atoms with Gasteiger partial charge >= 0.3 is 0 Å². The van der Waals surface area contributed by atoms with Crippen molar-refractivity contribution in [2.24, 2.45) is 0 Å². The van der Waals surface area contributed by atoms with Crippen LogP contribution < -0.4 is 10.2 Å². The molecule has 36 heavy (non-hydrogen) atoms. The molecule has 0 radical (unpaired) electrons. The number of piperazine rings is 1. The lowest BCUT2D eigenvalue weighted by Gasteiger charge is -2.36. The second-order valence-corrected chi connectivity index (χ2v) is 9.99. The average molecular weight is 550 g/mol. The molecule has 5 nitrogen and oxygen atoms in total. The van der Waals surface area contributed by atoms with E-state index >= 15 is 0 Å². The lowest BCUT2D eigenvalue weighted by molar-refractivity contribution is 0.0947. The van der Waals surface area contributed by atoms with E-state index in [1.165, 1.54) is 5.56 Å². The number of benzene rings is 2. The molecule has 2 aromatic carbocycles. The van der Waals surface area contributed by atoms with Gasteiger partial charge in [-0.1, -0.05) is 66.0 Å². The maximum Gasteiger partial charge on any atom is 0.253 e. The van der Waals surface area contributed by atoms with Gasteiger partial charge in [-0.2, -0.15) is 0 Å². The summed E-state index contributed by atoms with van der Waals surface area (Å²) in [4.78, 5) is 17.7. The number of halogens is 3. The molecule has 1 fully saturated rings. The highest BCUT2D eigenvalue weighted by atomic mass is 35.5. The summed E-state index contributed by atoms with van der Waals surface area (Å²) >= 11 is 12.6. The minimum Gasteiger partial charge on any atom is -0.368 e. The Hall–Kier alpha value is -2.18. The summed E-state index contributed by atoms with van der Waals surface area (Å²) in [7, 11) is 0. The van der Waals surface area contributed by atoms with Gasteiger partial charge in [-0.25, -0.2) is 0 Å². The van der Waals surface area contributed by atoms with Crippen molar-refractivity contribution in [3.63, 3.8) is 0 Å². The number of carbonyl (C=O) groups is 1. The quantitative estimate of drug-likeness (QED) is 0.350. The predicted octanol–water partition coefficient (Wildman–Crippen LogP) is 6.46. The van der Waals surface area contributed by atoms with Gasteiger partial charge < -0.3 is 14.8 Å². The lowest BCUT2D eigenvalue weighted by atomic mass is 10.1. The van der Waals surface area contributed by atoms with E-state index in [0.717, 1.165) is 73.9 Å². The van der Waals surface area contributed by atoms with Crippen LogP contribution in [0.5, 0.6) is 0 Å². The van der Waals surface area contributed by atoms with Crippen LogP contribution in [0.3, 0.4) is 0 Å². The van der Waals surface area contributed by atoms with Gasteiger partial charge in [-0.3, -0.25) is 9.69 Å². The first kappa shape index (κ1) is 28.4. The number of hydrogen-bond acceptors (Lipinski definition) is 3. The number of carbonyl (C=O) groups excluding carboxylic acids is 1. The number of rotatable bonds is 8. The molecule has 1 N–H and O–H groups in total. The van der Waals surface area contributed by atoms with Crippen molar-refractivity contribution < 1.29 is 4.79 Å². The van der Waals surface area contributed by atoms with Gasteiger partial charge in [0.1, 0.15) is 0 Å². The summed E-state index contributed by atoms with van der Waals surface area (Å²) < 4.78 is 2.26. The first-order valence-corrected chi connectivity index (χ1v) is 13.1. The molecule has 3 aromatic rings. The summed E-state index contributed by atoms with van der Waals surface area (Å²) in [5.41, 5.74) is 6.24. The highest BCUT2D eigenvalue weighted by Crippen LogP contribution is 2.33. The molecule has 1 aromatic heterocycles. The molecule has 0 bridgehead atoms. The molecule has 1 aliphatic heterocycles. The van der Waals surface area contributed by atoms with Crippen molar-refractivity contribution in [3.8, 4) is 11.3 Å². The van der Waals surface area contributed by atoms with E-state index in [1.807, 2.05) is 31.2 Å². The zero-order valence-corrected chi connectivity index (χ0v) is 23.5. The Bertz CT molecular complexity index is 1170. The standard InChI is InChI=1S/C28H34Cl2N4O.ClH/c1-4-13-34-21(3)23(19-26(34)22-10-8-20(2)9-11-22)28(35)31-12-14-32-15-17-33(18-16-32)25-7-5-6-24(29)27(25)30;/h5-11,19H,4,12-18H2,1-3H3,(H,31,35);1H. The fourth-order valence-electron chi connectivity index (χ4n) is 4.72. The van der Waals surface area contributed by atoms with Gasteiger partial charge in [0.05, 0.1) is 21.3 Å². The fourth-order valence-corrected chi connectivity index (χ4v) is 5.14. The van der Waals surface area contributed by atoms with Crippen molar-refractivity contribution in [1.29, 1.82) is 0 Å². The molecule has 0 atom stereocenters. The van der Waals surface area contributed by atoms with E-state index in [1.54, 1.807) is 0 Å². The maximum atomic E-state index is 13.1. The largest absolute Gasteiger partial charge is 0.368 e. The number of aromatic nitrogens is 1. The third-order valence-electron chi connectivity index (χ3n) is 6.76. The number of anilines is 1. The third-order valence-corrected chi connectivity index (χ3v) is 7.57. The number of aryl methyl sites for hydroxylation is 1. The zero-order chi connectivity index (χ0) is 24.9. The molecular formula is C28H35Cl3N4O. The van der Waals surface area contributed by atoms with Crippen molar-refractivity contribution in [1.82, 2.24) is 14.8 Å². The Morgan fingerprint density at radius 3 is 2.33 bits per heavy atom. The van der Waals surface area contributed by atoms with Crippen LogP contribution >= 0.6 is 35.6 Å². The van der Waals surface area contributed by atoms with Crippen LogP contribution in [0.2, 0.25) is 10.0 Å². The second kappa shape index (κ2) is 12.9. The first-order chi connectivity index (χ1) is 16.9. The lowest BCUT2D eigenvalue weighted by Crippen LogP contribution is -2.48. The summed E-state index contributed by atoms with van der Waals surface area (Å²) in [6.45, 7) is 12.2. The Morgan fingerprint density at radius 1 is 0.972 bits per heavy atom. The van der Waals surface area contributed by atoms with Gasteiger partial charge in [0.2, 0.25) is 0 Å². The van der Waals surface area contributed by atoms with Crippen molar-refractivity contribution in [3.05, 3.63) is 75.4 Å². The average Bonchev–Trinajstić information content (AvgIpc) is 3.18. The van der Waals surface area contributed by atoms with E-state index in [2.05, 4.69) is 57.8 Å². The molecule has 0 saturated carbocycles. The van der Waals surface area contributed by atoms with E-state index < -0.39 is 0 Å². The van der Waals surface area contributed by atoms with Crippen LogP contribution in [0.25, 0.3) is 11.3 Å². The van der Waals surface area contributed by atoms with Crippen LogP contribution in [0.15, 0.2) is 48.5 Å². The topological polar surface area (TPSA) is 40.5 Å².